The van der Waals surface area contributed by atoms with Gasteiger partial charge in [-0.2, -0.15) is 0 Å². The van der Waals surface area contributed by atoms with E-state index in [1.807, 2.05) is 0 Å². The summed E-state index contributed by atoms with van der Waals surface area (Å²) < 4.78 is 13.5. The number of benzene rings is 1. The number of nitrogens with one attached hydrogen (secondary N) is 2. The van der Waals surface area contributed by atoms with Gasteiger partial charge in [0.25, 0.3) is 0 Å². The summed E-state index contributed by atoms with van der Waals surface area (Å²) in [5, 5.41) is 5.87. The number of carbonyl (C=O) groups is 1. The Hall–Kier alpha value is -1.13. The summed E-state index contributed by atoms with van der Waals surface area (Å²) in [6.45, 7) is 3.43. The minimum absolute atomic E-state index is 0. The van der Waals surface area contributed by atoms with Gasteiger partial charge in [0.15, 0.2) is 0 Å². The number of piperidine rings is 1. The lowest BCUT2D eigenvalue weighted by Crippen LogP contribution is -2.37. The second-order valence-electron chi connectivity index (χ2n) is 4.46. The van der Waals surface area contributed by atoms with Crippen LogP contribution in [0.4, 0.5) is 10.1 Å². The van der Waals surface area contributed by atoms with Crippen molar-refractivity contribution in [3.8, 4) is 0 Å². The number of anilines is 1. The molecule has 1 unspecified atom stereocenters. The van der Waals surface area contributed by atoms with Crippen molar-refractivity contribution in [3.05, 3.63) is 29.6 Å². The van der Waals surface area contributed by atoms with E-state index in [1.54, 1.807) is 19.1 Å². The first-order valence-electron chi connectivity index (χ1n) is 5.95. The standard InChI is InChI=1S/C13H17FN2O.ClH/c1-9-4-2-6-11(14)12(9)16-13(17)10-5-3-7-15-8-10;/h2,4,6,10,15H,3,5,7-8H2,1H3,(H,16,17);1H. The first kappa shape index (κ1) is 14.9. The van der Waals surface area contributed by atoms with Crippen LogP contribution in [0.1, 0.15) is 18.4 Å². The molecule has 2 N–H and O–H groups in total. The van der Waals surface area contributed by atoms with E-state index in [1.165, 1.54) is 6.07 Å². The van der Waals surface area contributed by atoms with Crippen LogP contribution in [0.25, 0.3) is 0 Å². The van der Waals surface area contributed by atoms with E-state index in [0.29, 0.717) is 12.2 Å². The Morgan fingerprint density at radius 3 is 2.89 bits per heavy atom. The topological polar surface area (TPSA) is 41.1 Å². The average molecular weight is 273 g/mol. The molecule has 1 heterocycles. The number of aryl methyl sites for hydroxylation is 1. The molecule has 1 aliphatic rings. The van der Waals surface area contributed by atoms with Crippen molar-refractivity contribution < 1.29 is 9.18 Å². The van der Waals surface area contributed by atoms with E-state index in [-0.39, 0.29) is 30.0 Å². The normalized spacial score (nSPS) is 18.9. The molecular formula is C13H18ClFN2O. The quantitative estimate of drug-likeness (QED) is 0.869. The summed E-state index contributed by atoms with van der Waals surface area (Å²) in [6.07, 6.45) is 1.86. The van der Waals surface area contributed by atoms with Crippen LogP contribution in [-0.4, -0.2) is 19.0 Å². The van der Waals surface area contributed by atoms with Crippen molar-refractivity contribution in [1.82, 2.24) is 5.32 Å². The number of halogens is 2. The fourth-order valence-corrected chi connectivity index (χ4v) is 2.09. The molecular weight excluding hydrogens is 255 g/mol. The van der Waals surface area contributed by atoms with Gasteiger partial charge in [-0.15, -0.1) is 12.4 Å². The van der Waals surface area contributed by atoms with Crippen molar-refractivity contribution >= 4 is 24.0 Å². The van der Waals surface area contributed by atoms with Crippen LogP contribution in [0.15, 0.2) is 18.2 Å². The lowest BCUT2D eigenvalue weighted by Gasteiger charge is -2.22. The molecule has 0 spiro atoms. The molecule has 1 fully saturated rings. The molecule has 3 nitrogen and oxygen atoms in total. The van der Waals surface area contributed by atoms with E-state index >= 15 is 0 Å². The summed E-state index contributed by atoms with van der Waals surface area (Å²) in [4.78, 5) is 12.0. The summed E-state index contributed by atoms with van der Waals surface area (Å²) in [7, 11) is 0. The Balaban J connectivity index is 0.00000162. The third-order valence-corrected chi connectivity index (χ3v) is 3.14. The Morgan fingerprint density at radius 2 is 2.28 bits per heavy atom. The van der Waals surface area contributed by atoms with Crippen LogP contribution in [0.2, 0.25) is 0 Å². The van der Waals surface area contributed by atoms with Crippen LogP contribution >= 0.6 is 12.4 Å². The van der Waals surface area contributed by atoms with Gasteiger partial charge in [-0.05, 0) is 37.9 Å². The van der Waals surface area contributed by atoms with Crippen LogP contribution in [0, 0.1) is 18.7 Å². The maximum atomic E-state index is 13.5. The van der Waals surface area contributed by atoms with Gasteiger partial charge in [-0.25, -0.2) is 4.39 Å². The molecule has 0 radical (unpaired) electrons. The molecule has 0 bridgehead atoms. The first-order chi connectivity index (χ1) is 8.18. The van der Waals surface area contributed by atoms with Crippen molar-refractivity contribution in [3.63, 3.8) is 0 Å². The molecule has 2 rings (SSSR count). The molecule has 18 heavy (non-hydrogen) atoms. The molecule has 1 saturated heterocycles. The van der Waals surface area contributed by atoms with E-state index in [4.69, 9.17) is 0 Å². The predicted molar refractivity (Wildman–Crippen MR) is 72.6 cm³/mol. The fourth-order valence-electron chi connectivity index (χ4n) is 2.09. The molecule has 1 atom stereocenters. The second kappa shape index (κ2) is 6.71. The zero-order valence-corrected chi connectivity index (χ0v) is 11.1. The molecule has 1 amide bonds. The Morgan fingerprint density at radius 1 is 1.50 bits per heavy atom. The third-order valence-electron chi connectivity index (χ3n) is 3.14. The smallest absolute Gasteiger partial charge is 0.228 e. The number of hydrogen-bond donors (Lipinski definition) is 2. The van der Waals surface area contributed by atoms with Crippen LogP contribution in [0.5, 0.6) is 0 Å². The third kappa shape index (κ3) is 3.43. The zero-order chi connectivity index (χ0) is 12.3. The van der Waals surface area contributed by atoms with E-state index < -0.39 is 0 Å². The zero-order valence-electron chi connectivity index (χ0n) is 10.3. The molecule has 0 saturated carbocycles. The minimum Gasteiger partial charge on any atom is -0.323 e. The Kier molecular flexibility index (Phi) is 5.56. The highest BCUT2D eigenvalue weighted by Gasteiger charge is 2.22. The van der Waals surface area contributed by atoms with Crippen molar-refractivity contribution in [2.45, 2.75) is 19.8 Å². The predicted octanol–water partition coefficient (Wildman–Crippen LogP) is 2.49. The van der Waals surface area contributed by atoms with Gasteiger partial charge in [0.1, 0.15) is 5.82 Å². The number of carbonyl (C=O) groups excluding carboxylic acids is 1. The number of hydrogen-bond acceptors (Lipinski definition) is 2. The number of para-hydroxylation sites is 1. The summed E-state index contributed by atoms with van der Waals surface area (Å²) in [5.74, 6) is -0.518. The first-order valence-corrected chi connectivity index (χ1v) is 5.95. The number of rotatable bonds is 2. The van der Waals surface area contributed by atoms with E-state index in [9.17, 15) is 9.18 Å². The molecule has 1 aromatic carbocycles. The van der Waals surface area contributed by atoms with E-state index in [2.05, 4.69) is 10.6 Å². The van der Waals surface area contributed by atoms with Gasteiger partial charge in [0, 0.05) is 6.54 Å². The molecule has 1 aliphatic heterocycles. The van der Waals surface area contributed by atoms with E-state index in [0.717, 1.165) is 24.9 Å². The second-order valence-corrected chi connectivity index (χ2v) is 4.46. The molecule has 0 aromatic heterocycles. The van der Waals surface area contributed by atoms with Crippen molar-refractivity contribution in [2.24, 2.45) is 5.92 Å². The molecule has 5 heteroatoms. The Labute approximate surface area is 113 Å². The average Bonchev–Trinajstić information content (AvgIpc) is 2.35. The van der Waals surface area contributed by atoms with Gasteiger partial charge in [0.05, 0.1) is 11.6 Å². The van der Waals surface area contributed by atoms with Crippen LogP contribution in [-0.2, 0) is 4.79 Å². The van der Waals surface area contributed by atoms with Gasteiger partial charge in [0.2, 0.25) is 5.91 Å². The highest BCUT2D eigenvalue weighted by atomic mass is 35.5. The minimum atomic E-state index is -0.373. The maximum absolute atomic E-state index is 13.5. The van der Waals surface area contributed by atoms with Gasteiger partial charge in [-0.3, -0.25) is 4.79 Å². The molecule has 1 aromatic rings. The lowest BCUT2D eigenvalue weighted by molar-refractivity contribution is -0.120. The lowest BCUT2D eigenvalue weighted by atomic mass is 9.98. The van der Waals surface area contributed by atoms with Crippen LogP contribution in [0.3, 0.4) is 0 Å². The fraction of sp³-hybridized carbons (Fsp3) is 0.462. The molecule has 100 valence electrons. The highest BCUT2D eigenvalue weighted by Crippen LogP contribution is 2.20. The van der Waals surface area contributed by atoms with Crippen LogP contribution < -0.4 is 10.6 Å². The van der Waals surface area contributed by atoms with Crippen molar-refractivity contribution in [1.29, 1.82) is 0 Å². The molecule has 0 aliphatic carbocycles. The number of amides is 1. The van der Waals surface area contributed by atoms with Gasteiger partial charge < -0.3 is 10.6 Å². The van der Waals surface area contributed by atoms with Gasteiger partial charge in [-0.1, -0.05) is 12.1 Å². The monoisotopic (exact) mass is 272 g/mol. The summed E-state index contributed by atoms with van der Waals surface area (Å²) >= 11 is 0. The van der Waals surface area contributed by atoms with Gasteiger partial charge >= 0.3 is 0 Å². The Bertz CT molecular complexity index is 399. The largest absolute Gasteiger partial charge is 0.323 e. The SMILES string of the molecule is Cc1cccc(F)c1NC(=O)C1CCCNC1.Cl. The highest BCUT2D eigenvalue weighted by molar-refractivity contribution is 5.93. The maximum Gasteiger partial charge on any atom is 0.228 e. The summed E-state index contributed by atoms with van der Waals surface area (Å²) in [5.41, 5.74) is 1.06. The van der Waals surface area contributed by atoms with Crippen molar-refractivity contribution in [2.75, 3.05) is 18.4 Å². The summed E-state index contributed by atoms with van der Waals surface area (Å²) in [6, 6.07) is 4.79.